The zero-order valence-corrected chi connectivity index (χ0v) is 15.3. The molecular weight excluding hydrogens is 407 g/mol. The molecule has 2 aromatic rings. The number of halogens is 2. The Morgan fingerprint density at radius 3 is 2.65 bits per heavy atom. The van der Waals surface area contributed by atoms with Gasteiger partial charge in [0.25, 0.3) is 0 Å². The zero-order chi connectivity index (χ0) is 16.9. The standard InChI is InChI=1S/C14H14N4OS.2ClH.Cu/c1-19-13-8-3-2-7-12(13)17-14(20)18-16-10-11-6-4-5-9-15-11;;;/h2-10H,1H3,(H2,15,17,18,20);2*1H;/q;;;+2/p-2. The third-order valence-corrected chi connectivity index (χ3v) is 2.58. The van der Waals surface area contributed by atoms with Crippen LogP contribution < -0.4 is 10.1 Å². The van der Waals surface area contributed by atoms with Gasteiger partial charge in [-0.05, 0) is 24.3 Å². The van der Waals surface area contributed by atoms with Gasteiger partial charge in [-0.2, -0.15) is 0 Å². The second kappa shape index (κ2) is 12.1. The van der Waals surface area contributed by atoms with E-state index in [0.717, 1.165) is 24.5 Å². The van der Waals surface area contributed by atoms with Crippen molar-refractivity contribution in [3.63, 3.8) is 0 Å². The van der Waals surface area contributed by atoms with Gasteiger partial charge in [0.15, 0.2) is 12.2 Å². The van der Waals surface area contributed by atoms with E-state index in [1.54, 1.807) is 19.5 Å². The van der Waals surface area contributed by atoms with Crippen molar-refractivity contribution in [2.24, 2.45) is 5.10 Å². The fraction of sp³-hybridized carbons (Fsp3) is 0.0714. The quantitative estimate of drug-likeness (QED) is 0.205. The fourth-order valence-electron chi connectivity index (χ4n) is 1.49. The van der Waals surface area contributed by atoms with Gasteiger partial charge in [-0.3, -0.25) is 4.98 Å². The third kappa shape index (κ3) is 8.16. The van der Waals surface area contributed by atoms with Crippen LogP contribution in [-0.2, 0) is 25.4 Å². The number of pyridine rings is 1. The summed E-state index contributed by atoms with van der Waals surface area (Å²) in [5.74, 6) is 0.711. The Morgan fingerprint density at radius 1 is 1.30 bits per heavy atom. The first-order chi connectivity index (χ1) is 11.2. The second-order valence-electron chi connectivity index (χ2n) is 3.79. The summed E-state index contributed by atoms with van der Waals surface area (Å²) >= 11 is 4.98. The van der Waals surface area contributed by atoms with Crippen LogP contribution >= 0.6 is 20.2 Å². The molecule has 2 rings (SSSR count). The molecule has 0 radical (unpaired) electrons. The topological polar surface area (TPSA) is 60.6 Å². The molecule has 0 aliphatic rings. The molecule has 9 heteroatoms. The van der Waals surface area contributed by atoms with E-state index in [1.165, 1.54) is 0 Å². The van der Waals surface area contributed by atoms with Crippen molar-refractivity contribution < 1.29 is 17.9 Å². The number of hydrogen-bond donors (Lipinski definition) is 1. The number of rotatable bonds is 4. The molecule has 1 aromatic heterocycles. The van der Waals surface area contributed by atoms with Crippen molar-refractivity contribution in [1.82, 2.24) is 4.98 Å². The number of ether oxygens (including phenoxy) is 1. The Bertz CT molecular complexity index is 631. The van der Waals surface area contributed by atoms with Crippen molar-refractivity contribution in [1.29, 1.82) is 0 Å². The molecule has 1 heterocycles. The van der Waals surface area contributed by atoms with Gasteiger partial charge in [-0.25, -0.2) is 0 Å². The Hall–Kier alpha value is -1.37. The van der Waals surface area contributed by atoms with Gasteiger partial charge in [0.1, 0.15) is 5.75 Å². The molecule has 5 nitrogen and oxygen atoms in total. The number of nitrogens with one attached hydrogen (secondary N) is 1. The summed E-state index contributed by atoms with van der Waals surface area (Å²) in [5.41, 5.74) is 5.44. The van der Waals surface area contributed by atoms with E-state index in [4.69, 9.17) is 4.74 Å². The van der Waals surface area contributed by atoms with Crippen molar-refractivity contribution in [2.75, 3.05) is 12.4 Å². The van der Waals surface area contributed by atoms with E-state index in [-0.39, 0.29) is 0 Å². The Kier molecular flexibility index (Phi) is 10.4. The average Bonchev–Trinajstić information content (AvgIpc) is 2.57. The van der Waals surface area contributed by atoms with Crippen LogP contribution in [0.15, 0.2) is 53.8 Å². The number of hydrogen-bond acceptors (Lipinski definition) is 3. The first-order valence-corrected chi connectivity index (χ1v) is 9.17. The Labute approximate surface area is 155 Å². The van der Waals surface area contributed by atoms with Crippen molar-refractivity contribution >= 4 is 49.4 Å². The first-order valence-electron chi connectivity index (χ1n) is 6.13. The maximum atomic E-state index is 5.22. The second-order valence-corrected chi connectivity index (χ2v) is 5.77. The predicted octanol–water partition coefficient (Wildman–Crippen LogP) is 3.65. The molecule has 23 heavy (non-hydrogen) atoms. The van der Waals surface area contributed by atoms with Gasteiger partial charge in [0, 0.05) is 12.4 Å². The molecule has 1 aromatic carbocycles. The Balaban J connectivity index is 0.000000816. The molecule has 127 valence electrons. The molecule has 0 unspecified atom stereocenters. The summed E-state index contributed by atoms with van der Waals surface area (Å²) in [7, 11) is 10.9. The van der Waals surface area contributed by atoms with E-state index in [9.17, 15) is 0 Å². The number of para-hydroxylation sites is 2. The third-order valence-electron chi connectivity index (χ3n) is 2.38. The molecule has 1 N–H and O–H groups in total. The summed E-state index contributed by atoms with van der Waals surface area (Å²) in [4.78, 5) is 4.10. The summed E-state index contributed by atoms with van der Waals surface area (Å²) in [6.45, 7) is 0. The molecule has 0 aliphatic carbocycles. The molecule has 0 saturated carbocycles. The average molecular weight is 421 g/mol. The minimum absolute atomic E-state index is 0.363. The van der Waals surface area contributed by atoms with Gasteiger partial charge in [-0.1, -0.05) is 18.2 Å². The molecule has 0 fully saturated rings. The molecule has 0 saturated heterocycles. The molecular formula is C14H14Cl2CuN4OS. The van der Waals surface area contributed by atoms with Crippen LogP contribution in [0, 0.1) is 0 Å². The molecule has 0 spiro atoms. The van der Waals surface area contributed by atoms with Gasteiger partial charge >= 0.3 is 33.3 Å². The number of aromatic nitrogens is 1. The van der Waals surface area contributed by atoms with Crippen LogP contribution in [0.5, 0.6) is 5.75 Å². The van der Waals surface area contributed by atoms with Crippen LogP contribution in [0.3, 0.4) is 0 Å². The summed E-state index contributed by atoms with van der Waals surface area (Å²) in [6, 6.07) is 13.1. The summed E-state index contributed by atoms with van der Waals surface area (Å²) in [6.07, 6.45) is 3.25. The van der Waals surface area contributed by atoms with Crippen molar-refractivity contribution in [3.05, 3.63) is 59.8 Å². The zero-order valence-electron chi connectivity index (χ0n) is 12.0. The van der Waals surface area contributed by atoms with E-state index in [2.05, 4.69) is 53.2 Å². The van der Waals surface area contributed by atoms with Gasteiger partial charge in [-0.15, -0.1) is 0 Å². The molecule has 0 bridgehead atoms. The number of methoxy groups -OCH3 is 1. The predicted molar refractivity (Wildman–Crippen MR) is 97.3 cm³/mol. The minimum atomic E-state index is 0.363. The fourth-order valence-corrected chi connectivity index (χ4v) is 1.66. The van der Waals surface area contributed by atoms with Crippen LogP contribution in [0.25, 0.3) is 5.43 Å². The summed E-state index contributed by atoms with van der Waals surface area (Å²) < 4.78 is 5.22. The number of thiol groups is 1. The SMILES string of the molecule is COc1ccccc1NC(=[SH+])[N-]N=Cc1ccccn1.[Cl][Cu][Cl]. The van der Waals surface area contributed by atoms with Crippen molar-refractivity contribution in [3.8, 4) is 5.75 Å². The van der Waals surface area contributed by atoms with Crippen LogP contribution in [0.1, 0.15) is 5.69 Å². The van der Waals surface area contributed by atoms with Crippen LogP contribution in [-0.4, -0.2) is 23.4 Å². The maximum absolute atomic E-state index is 5.22. The number of nitrogens with zero attached hydrogens (tertiary/aromatic N) is 3. The Morgan fingerprint density at radius 2 is 2.00 bits per heavy atom. The van der Waals surface area contributed by atoms with E-state index in [0.29, 0.717) is 10.9 Å². The van der Waals surface area contributed by atoms with Gasteiger partial charge < -0.3 is 20.6 Å². The normalized spacial score (nSPS) is 9.87. The van der Waals surface area contributed by atoms with E-state index >= 15 is 0 Å². The van der Waals surface area contributed by atoms with Crippen LogP contribution in [0.2, 0.25) is 0 Å². The molecule has 0 amide bonds. The first kappa shape index (κ1) is 19.7. The van der Waals surface area contributed by atoms with Gasteiger partial charge in [0.2, 0.25) is 5.11 Å². The van der Waals surface area contributed by atoms with E-state index < -0.39 is 0 Å². The molecule has 0 aliphatic heterocycles. The van der Waals surface area contributed by atoms with Crippen molar-refractivity contribution in [2.45, 2.75) is 0 Å². The number of benzene rings is 1. The molecule has 0 atom stereocenters. The van der Waals surface area contributed by atoms with Crippen LogP contribution in [0.4, 0.5) is 5.69 Å². The summed E-state index contributed by atoms with van der Waals surface area (Å²) in [5, 5.41) is 7.28. The van der Waals surface area contributed by atoms with E-state index in [1.807, 2.05) is 42.5 Å². The monoisotopic (exact) mass is 419 g/mol. The number of anilines is 1. The van der Waals surface area contributed by atoms with Gasteiger partial charge in [0.05, 0.1) is 18.5 Å².